The molecule has 5 heteroatoms. The first-order valence-electron chi connectivity index (χ1n) is 4.50. The monoisotopic (exact) mass is 192 g/mol. The van der Waals surface area contributed by atoms with E-state index in [-0.39, 0.29) is 0 Å². The molecule has 0 bridgehead atoms. The zero-order valence-electron chi connectivity index (χ0n) is 7.76. The molecule has 0 spiro atoms. The molecular weight excluding hydrogens is 180 g/mol. The van der Waals surface area contributed by atoms with Gasteiger partial charge in [-0.25, -0.2) is 4.98 Å². The van der Waals surface area contributed by atoms with E-state index in [1.807, 2.05) is 16.9 Å². The fourth-order valence-corrected chi connectivity index (χ4v) is 1.17. The van der Waals surface area contributed by atoms with Crippen LogP contribution in [0.25, 0.3) is 0 Å². The number of rotatable bonds is 5. The lowest BCUT2D eigenvalue weighted by atomic mass is 10.5. The van der Waals surface area contributed by atoms with Crippen LogP contribution in [0.3, 0.4) is 0 Å². The van der Waals surface area contributed by atoms with Crippen molar-refractivity contribution in [3.05, 3.63) is 36.8 Å². The van der Waals surface area contributed by atoms with Crippen molar-refractivity contribution < 1.29 is 4.42 Å². The third-order valence-electron chi connectivity index (χ3n) is 1.86. The third kappa shape index (κ3) is 2.43. The van der Waals surface area contributed by atoms with Gasteiger partial charge in [0.25, 0.3) is 0 Å². The number of nitrogens with zero attached hydrogens (tertiary/aromatic N) is 3. The van der Waals surface area contributed by atoms with Gasteiger partial charge in [-0.2, -0.15) is 5.10 Å². The molecule has 0 saturated heterocycles. The Balaban J connectivity index is 1.65. The van der Waals surface area contributed by atoms with Gasteiger partial charge in [0, 0.05) is 18.9 Å². The summed E-state index contributed by atoms with van der Waals surface area (Å²) in [6.45, 7) is 2.44. The van der Waals surface area contributed by atoms with Crippen LogP contribution in [0.4, 0.5) is 0 Å². The molecule has 0 radical (unpaired) electrons. The fraction of sp³-hybridized carbons (Fsp3) is 0.333. The van der Waals surface area contributed by atoms with Crippen molar-refractivity contribution >= 4 is 0 Å². The number of oxazole rings is 1. The quantitative estimate of drug-likeness (QED) is 0.707. The summed E-state index contributed by atoms with van der Waals surface area (Å²) in [5, 5.41) is 7.32. The topological polar surface area (TPSA) is 55.9 Å². The van der Waals surface area contributed by atoms with Gasteiger partial charge in [-0.1, -0.05) is 0 Å². The molecule has 1 N–H and O–H groups in total. The molecule has 2 heterocycles. The molecule has 0 aliphatic heterocycles. The Morgan fingerprint density at radius 3 is 3.21 bits per heavy atom. The summed E-state index contributed by atoms with van der Waals surface area (Å²) in [6, 6.07) is 1.91. The highest BCUT2D eigenvalue weighted by molar-refractivity contribution is 4.87. The maximum Gasteiger partial charge on any atom is 0.180 e. The molecule has 0 unspecified atom stereocenters. The molecule has 0 aliphatic rings. The fourth-order valence-electron chi connectivity index (χ4n) is 1.17. The molecule has 0 aliphatic carbocycles. The Hall–Kier alpha value is -1.62. The summed E-state index contributed by atoms with van der Waals surface area (Å²) in [5.41, 5.74) is 0. The van der Waals surface area contributed by atoms with Gasteiger partial charge in [0.1, 0.15) is 5.76 Å². The molecular formula is C9H12N4O. The Labute approximate surface area is 81.8 Å². The Bertz CT molecular complexity index is 305. The van der Waals surface area contributed by atoms with Crippen LogP contribution in [-0.4, -0.2) is 21.3 Å². The summed E-state index contributed by atoms with van der Waals surface area (Å²) >= 11 is 0. The highest BCUT2D eigenvalue weighted by atomic mass is 16.3. The molecule has 5 nitrogen and oxygen atoms in total. The Morgan fingerprint density at radius 2 is 2.50 bits per heavy atom. The predicted molar refractivity (Wildman–Crippen MR) is 50.4 cm³/mol. The van der Waals surface area contributed by atoms with Crippen LogP contribution in [0.2, 0.25) is 0 Å². The first kappa shape index (κ1) is 8.96. The van der Waals surface area contributed by atoms with Crippen LogP contribution in [0.5, 0.6) is 0 Å². The van der Waals surface area contributed by atoms with Crippen molar-refractivity contribution in [2.45, 2.75) is 13.1 Å². The van der Waals surface area contributed by atoms with Gasteiger partial charge in [0.15, 0.2) is 6.39 Å². The lowest BCUT2D eigenvalue weighted by Crippen LogP contribution is -2.19. The number of hydrogen-bond acceptors (Lipinski definition) is 4. The largest absolute Gasteiger partial charge is 0.447 e. The van der Waals surface area contributed by atoms with E-state index in [1.54, 1.807) is 12.4 Å². The van der Waals surface area contributed by atoms with Gasteiger partial charge in [0.05, 0.1) is 19.3 Å². The zero-order chi connectivity index (χ0) is 9.64. The second-order valence-corrected chi connectivity index (χ2v) is 2.91. The van der Waals surface area contributed by atoms with Gasteiger partial charge in [0.2, 0.25) is 0 Å². The SMILES string of the molecule is c1cnn(CCNCc2cnco2)c1. The van der Waals surface area contributed by atoms with Crippen molar-refractivity contribution in [2.24, 2.45) is 0 Å². The molecule has 0 saturated carbocycles. The summed E-state index contributed by atoms with van der Waals surface area (Å²) in [4.78, 5) is 3.83. The lowest BCUT2D eigenvalue weighted by molar-refractivity contribution is 0.467. The molecule has 2 aromatic rings. The maximum absolute atomic E-state index is 5.07. The van der Waals surface area contributed by atoms with Gasteiger partial charge in [-0.3, -0.25) is 4.68 Å². The van der Waals surface area contributed by atoms with E-state index in [0.717, 1.165) is 18.8 Å². The molecule has 0 atom stereocenters. The Kier molecular flexibility index (Phi) is 2.92. The molecule has 2 aromatic heterocycles. The van der Waals surface area contributed by atoms with Crippen LogP contribution < -0.4 is 5.32 Å². The first-order chi connectivity index (χ1) is 6.95. The van der Waals surface area contributed by atoms with Gasteiger partial charge < -0.3 is 9.73 Å². The van der Waals surface area contributed by atoms with E-state index in [0.29, 0.717) is 6.54 Å². The molecule has 74 valence electrons. The smallest absolute Gasteiger partial charge is 0.180 e. The summed E-state index contributed by atoms with van der Waals surface area (Å²) in [5.74, 6) is 0.852. The zero-order valence-corrected chi connectivity index (χ0v) is 7.76. The van der Waals surface area contributed by atoms with E-state index in [2.05, 4.69) is 15.4 Å². The summed E-state index contributed by atoms with van der Waals surface area (Å²) < 4.78 is 6.96. The molecule has 2 rings (SSSR count). The second kappa shape index (κ2) is 4.57. The van der Waals surface area contributed by atoms with Crippen molar-refractivity contribution in [2.75, 3.05) is 6.54 Å². The van der Waals surface area contributed by atoms with Crippen molar-refractivity contribution in [3.8, 4) is 0 Å². The summed E-state index contributed by atoms with van der Waals surface area (Å²) in [7, 11) is 0. The van der Waals surface area contributed by atoms with Crippen LogP contribution in [0, 0.1) is 0 Å². The van der Waals surface area contributed by atoms with Gasteiger partial charge in [-0.05, 0) is 6.07 Å². The normalized spacial score (nSPS) is 10.6. The molecule has 0 fully saturated rings. The lowest BCUT2D eigenvalue weighted by Gasteiger charge is -2.02. The minimum absolute atomic E-state index is 0.710. The van der Waals surface area contributed by atoms with Gasteiger partial charge in [-0.15, -0.1) is 0 Å². The minimum Gasteiger partial charge on any atom is -0.447 e. The first-order valence-corrected chi connectivity index (χ1v) is 4.50. The number of nitrogens with one attached hydrogen (secondary N) is 1. The van der Waals surface area contributed by atoms with Crippen molar-refractivity contribution in [1.82, 2.24) is 20.1 Å². The molecule has 0 aromatic carbocycles. The molecule has 0 amide bonds. The van der Waals surface area contributed by atoms with Crippen LogP contribution in [-0.2, 0) is 13.1 Å². The van der Waals surface area contributed by atoms with Gasteiger partial charge >= 0.3 is 0 Å². The maximum atomic E-state index is 5.07. The van der Waals surface area contributed by atoms with E-state index in [1.165, 1.54) is 6.39 Å². The van der Waals surface area contributed by atoms with E-state index < -0.39 is 0 Å². The second-order valence-electron chi connectivity index (χ2n) is 2.91. The Morgan fingerprint density at radius 1 is 1.50 bits per heavy atom. The van der Waals surface area contributed by atoms with Crippen molar-refractivity contribution in [3.63, 3.8) is 0 Å². The van der Waals surface area contributed by atoms with Crippen molar-refractivity contribution in [1.29, 1.82) is 0 Å². The highest BCUT2D eigenvalue weighted by Crippen LogP contribution is 1.94. The number of hydrogen-bond donors (Lipinski definition) is 1. The van der Waals surface area contributed by atoms with Crippen LogP contribution >= 0.6 is 0 Å². The van der Waals surface area contributed by atoms with Crippen LogP contribution in [0.1, 0.15) is 5.76 Å². The third-order valence-corrected chi connectivity index (χ3v) is 1.86. The van der Waals surface area contributed by atoms with E-state index in [9.17, 15) is 0 Å². The van der Waals surface area contributed by atoms with E-state index >= 15 is 0 Å². The van der Waals surface area contributed by atoms with E-state index in [4.69, 9.17) is 4.42 Å². The highest BCUT2D eigenvalue weighted by Gasteiger charge is 1.95. The standard InChI is InChI=1S/C9H12N4O/c1-2-12-13(4-1)5-3-10-6-9-7-11-8-14-9/h1-2,4,7-8,10H,3,5-6H2. The average Bonchev–Trinajstić information content (AvgIpc) is 2.86. The van der Waals surface area contributed by atoms with Crippen LogP contribution in [0.15, 0.2) is 35.5 Å². The predicted octanol–water partition coefficient (Wildman–Crippen LogP) is 0.661. The summed E-state index contributed by atoms with van der Waals surface area (Å²) in [6.07, 6.45) is 6.86. The molecule has 14 heavy (non-hydrogen) atoms. The minimum atomic E-state index is 0.710. The average molecular weight is 192 g/mol. The number of aromatic nitrogens is 3.